The van der Waals surface area contributed by atoms with E-state index in [1.165, 1.54) is 0 Å². The molecular weight excluding hydrogens is 433 g/mol. The molecule has 4 aromatic rings. The first-order valence-corrected chi connectivity index (χ1v) is 10.6. The van der Waals surface area contributed by atoms with Crippen molar-refractivity contribution in [1.82, 2.24) is 14.5 Å². The number of benzene rings is 2. The molecule has 0 unspecified atom stereocenters. The van der Waals surface area contributed by atoms with Gasteiger partial charge in [0, 0.05) is 36.0 Å². The molecule has 4 heterocycles. The molecule has 0 radical (unpaired) electrons. The first-order valence-electron chi connectivity index (χ1n) is 10.2. The van der Waals surface area contributed by atoms with E-state index in [0.29, 0.717) is 24.7 Å². The quantitative estimate of drug-likeness (QED) is 0.434. The van der Waals surface area contributed by atoms with Gasteiger partial charge in [-0.2, -0.15) is 0 Å². The molecule has 0 amide bonds. The van der Waals surface area contributed by atoms with Crippen molar-refractivity contribution in [3.05, 3.63) is 75.0 Å². The summed E-state index contributed by atoms with van der Waals surface area (Å²) >= 11 is 6.63. The van der Waals surface area contributed by atoms with Gasteiger partial charge in [-0.3, -0.25) is 9.69 Å². The number of halogens is 2. The molecule has 31 heavy (non-hydrogen) atoms. The number of likely N-dealkylation sites (tertiary alicyclic amines) is 1. The smallest absolute Gasteiger partial charge is 0.259 e. The minimum absolute atomic E-state index is 0. The lowest BCUT2D eigenvalue weighted by Crippen LogP contribution is -2.23. The molecule has 0 aliphatic carbocycles. The predicted octanol–water partition coefficient (Wildman–Crippen LogP) is 4.22. The fourth-order valence-electron chi connectivity index (χ4n) is 4.93. The molecule has 2 aliphatic heterocycles. The number of nitrogens with zero attached hydrogens (tertiary/aromatic N) is 3. The second-order valence-corrected chi connectivity index (χ2v) is 8.64. The van der Waals surface area contributed by atoms with Crippen molar-refractivity contribution < 1.29 is 5.11 Å². The number of aliphatic hydroxyl groups excluding tert-OH is 1. The van der Waals surface area contributed by atoms with Crippen LogP contribution in [0.5, 0.6) is 0 Å². The van der Waals surface area contributed by atoms with Gasteiger partial charge in [0.25, 0.3) is 5.56 Å². The van der Waals surface area contributed by atoms with E-state index in [0.717, 1.165) is 57.2 Å². The summed E-state index contributed by atoms with van der Waals surface area (Å²) in [7, 11) is 0. The van der Waals surface area contributed by atoms with Gasteiger partial charge in [0.1, 0.15) is 0 Å². The summed E-state index contributed by atoms with van der Waals surface area (Å²) < 4.78 is 1.83. The Morgan fingerprint density at radius 3 is 2.81 bits per heavy atom. The summed E-state index contributed by atoms with van der Waals surface area (Å²) in [6.07, 6.45) is 0.496. The number of hydrogen-bond acceptors (Lipinski definition) is 4. The number of aromatic nitrogens is 2. The molecule has 6 rings (SSSR count). The van der Waals surface area contributed by atoms with E-state index in [1.54, 1.807) is 0 Å². The largest absolute Gasteiger partial charge is 0.392 e. The molecule has 1 saturated heterocycles. The minimum atomic E-state index is -0.285. The maximum atomic E-state index is 13.2. The maximum absolute atomic E-state index is 13.2. The average molecular weight is 454 g/mol. The molecule has 2 aromatic heterocycles. The molecule has 0 spiro atoms. The van der Waals surface area contributed by atoms with E-state index in [1.807, 2.05) is 47.0 Å². The van der Waals surface area contributed by atoms with E-state index >= 15 is 0 Å². The first-order chi connectivity index (χ1) is 14.6. The molecule has 158 valence electrons. The molecule has 7 heteroatoms. The Balaban J connectivity index is 0.00000204. The second kappa shape index (κ2) is 7.61. The van der Waals surface area contributed by atoms with Gasteiger partial charge >= 0.3 is 0 Å². The van der Waals surface area contributed by atoms with Crippen molar-refractivity contribution in [3.63, 3.8) is 0 Å². The Morgan fingerprint density at radius 1 is 1.16 bits per heavy atom. The van der Waals surface area contributed by atoms with Crippen molar-refractivity contribution in [1.29, 1.82) is 0 Å². The summed E-state index contributed by atoms with van der Waals surface area (Å²) in [5.74, 6) is 0. The summed E-state index contributed by atoms with van der Waals surface area (Å²) in [4.78, 5) is 20.4. The molecule has 1 fully saturated rings. The lowest BCUT2D eigenvalue weighted by Gasteiger charge is -2.19. The van der Waals surface area contributed by atoms with Crippen LogP contribution in [0.15, 0.2) is 53.3 Å². The van der Waals surface area contributed by atoms with Gasteiger partial charge in [0.15, 0.2) is 0 Å². The highest BCUT2D eigenvalue weighted by atomic mass is 35.5. The number of β-amino-alcohol motifs (C(OH)–C–C–N with tert-alkyl or cyclic N) is 1. The summed E-state index contributed by atoms with van der Waals surface area (Å²) in [5.41, 5.74) is 4.75. The Hall–Kier alpha value is -2.44. The van der Waals surface area contributed by atoms with E-state index in [2.05, 4.69) is 11.0 Å². The predicted molar refractivity (Wildman–Crippen MR) is 126 cm³/mol. The van der Waals surface area contributed by atoms with Gasteiger partial charge < -0.3 is 9.67 Å². The van der Waals surface area contributed by atoms with Gasteiger partial charge in [-0.15, -0.1) is 12.4 Å². The Morgan fingerprint density at radius 2 is 2.00 bits per heavy atom. The van der Waals surface area contributed by atoms with Crippen molar-refractivity contribution in [3.8, 4) is 11.4 Å². The molecule has 2 aromatic carbocycles. The van der Waals surface area contributed by atoms with Crippen molar-refractivity contribution in [2.24, 2.45) is 0 Å². The monoisotopic (exact) mass is 453 g/mol. The number of fused-ring (bicyclic) bond motifs is 5. The second-order valence-electron chi connectivity index (χ2n) is 8.24. The molecule has 0 bridgehead atoms. The van der Waals surface area contributed by atoms with E-state index in [9.17, 15) is 9.90 Å². The number of hydrogen-bond donors (Lipinski definition) is 1. The Labute approximate surface area is 190 Å². The molecule has 2 aliphatic rings. The molecule has 5 nitrogen and oxygen atoms in total. The summed E-state index contributed by atoms with van der Waals surface area (Å²) in [6.45, 7) is 2.68. The van der Waals surface area contributed by atoms with Gasteiger partial charge in [-0.25, -0.2) is 4.98 Å². The van der Waals surface area contributed by atoms with E-state index in [-0.39, 0.29) is 24.1 Å². The fraction of sp³-hybridized carbons (Fsp3) is 0.250. The lowest BCUT2D eigenvalue weighted by atomic mass is 9.99. The zero-order valence-corrected chi connectivity index (χ0v) is 18.3. The van der Waals surface area contributed by atoms with Crippen LogP contribution in [0.4, 0.5) is 0 Å². The van der Waals surface area contributed by atoms with Crippen molar-refractivity contribution >= 4 is 45.7 Å². The zero-order valence-electron chi connectivity index (χ0n) is 16.7. The van der Waals surface area contributed by atoms with Gasteiger partial charge in [-0.05, 0) is 41.6 Å². The number of aliphatic hydroxyl groups is 1. The van der Waals surface area contributed by atoms with Crippen LogP contribution in [-0.2, 0) is 13.1 Å². The van der Waals surface area contributed by atoms with Crippen LogP contribution >= 0.6 is 24.0 Å². The van der Waals surface area contributed by atoms with Crippen LogP contribution in [0.25, 0.3) is 33.1 Å². The first kappa shape index (κ1) is 20.5. The van der Waals surface area contributed by atoms with Crippen LogP contribution in [-0.4, -0.2) is 38.8 Å². The van der Waals surface area contributed by atoms with Gasteiger partial charge in [-0.1, -0.05) is 35.9 Å². The molecular formula is C24H21Cl2N3O2. The van der Waals surface area contributed by atoms with Crippen LogP contribution in [0.2, 0.25) is 5.02 Å². The van der Waals surface area contributed by atoms with Crippen LogP contribution in [0.1, 0.15) is 17.5 Å². The lowest BCUT2D eigenvalue weighted by molar-refractivity contribution is 0.175. The van der Waals surface area contributed by atoms with Crippen molar-refractivity contribution in [2.45, 2.75) is 25.6 Å². The van der Waals surface area contributed by atoms with Gasteiger partial charge in [0.2, 0.25) is 0 Å². The third-order valence-corrected chi connectivity index (χ3v) is 6.70. The average Bonchev–Trinajstić information content (AvgIpc) is 3.32. The minimum Gasteiger partial charge on any atom is -0.392 e. The summed E-state index contributed by atoms with van der Waals surface area (Å²) in [6, 6.07) is 15.5. The standard InChI is InChI=1S/C24H20ClN3O2.ClH/c25-19-6-3-7-20-22(19)17(12-27-9-8-15(29)11-27)18-13-28-21(23(18)26-20)10-14-4-1-2-5-16(14)24(28)30;/h1-7,10,15,29H,8-9,11-13H2;1H/t15-;/m0./s1. The highest BCUT2D eigenvalue weighted by Crippen LogP contribution is 2.39. The topological polar surface area (TPSA) is 58.4 Å². The number of pyridine rings is 2. The number of rotatable bonds is 2. The fourth-order valence-corrected chi connectivity index (χ4v) is 5.22. The highest BCUT2D eigenvalue weighted by Gasteiger charge is 2.29. The molecule has 0 saturated carbocycles. The Kier molecular flexibility index (Phi) is 5.02. The van der Waals surface area contributed by atoms with E-state index in [4.69, 9.17) is 16.6 Å². The summed E-state index contributed by atoms with van der Waals surface area (Å²) in [5, 5.41) is 13.3. The molecule has 1 N–H and O–H groups in total. The van der Waals surface area contributed by atoms with Crippen LogP contribution in [0.3, 0.4) is 0 Å². The third-order valence-electron chi connectivity index (χ3n) is 6.38. The SMILES string of the molecule is Cl.O=c1c2ccccc2cc2n1Cc1c-2nc2cccc(Cl)c2c1CN1CC[C@H](O)C1. The zero-order chi connectivity index (χ0) is 20.4. The maximum Gasteiger partial charge on any atom is 0.259 e. The third kappa shape index (κ3) is 3.15. The van der Waals surface area contributed by atoms with Crippen molar-refractivity contribution in [2.75, 3.05) is 13.1 Å². The molecule has 1 atom stereocenters. The normalized spacial score (nSPS) is 17.7. The van der Waals surface area contributed by atoms with Gasteiger partial charge in [0.05, 0.1) is 34.6 Å². The van der Waals surface area contributed by atoms with E-state index < -0.39 is 0 Å². The van der Waals surface area contributed by atoms with Crippen LogP contribution in [0, 0.1) is 0 Å². The highest BCUT2D eigenvalue weighted by molar-refractivity contribution is 6.35. The Bertz CT molecular complexity index is 1400. The van der Waals surface area contributed by atoms with Crippen LogP contribution < -0.4 is 5.56 Å².